The molecule has 0 spiro atoms. The highest BCUT2D eigenvalue weighted by molar-refractivity contribution is 7.89. The van der Waals surface area contributed by atoms with Gasteiger partial charge < -0.3 is 10.6 Å². The van der Waals surface area contributed by atoms with Crippen LogP contribution in [-0.4, -0.2) is 59.7 Å². The van der Waals surface area contributed by atoms with Crippen LogP contribution in [-0.2, 0) is 16.2 Å². The lowest BCUT2D eigenvalue weighted by atomic mass is 10.2. The van der Waals surface area contributed by atoms with Gasteiger partial charge in [0.25, 0.3) is 5.91 Å². The molecular formula is C16H16F3N5O3S. The van der Waals surface area contributed by atoms with Crippen molar-refractivity contribution in [2.75, 3.05) is 31.9 Å². The molecule has 0 aliphatic carbocycles. The van der Waals surface area contributed by atoms with Gasteiger partial charge in [-0.15, -0.1) is 0 Å². The van der Waals surface area contributed by atoms with Crippen LogP contribution >= 0.6 is 0 Å². The van der Waals surface area contributed by atoms with Crippen LogP contribution in [0.5, 0.6) is 0 Å². The number of rotatable bonds is 3. The van der Waals surface area contributed by atoms with E-state index >= 15 is 0 Å². The van der Waals surface area contributed by atoms with E-state index in [1.54, 1.807) is 0 Å². The molecule has 1 aromatic carbocycles. The fraction of sp³-hybridized carbons (Fsp3) is 0.312. The van der Waals surface area contributed by atoms with Crippen molar-refractivity contribution in [2.45, 2.75) is 11.1 Å². The molecule has 2 N–H and O–H groups in total. The highest BCUT2D eigenvalue weighted by atomic mass is 32.2. The third-order valence-electron chi connectivity index (χ3n) is 4.27. The second-order valence-corrected chi connectivity index (χ2v) is 7.89. The summed E-state index contributed by atoms with van der Waals surface area (Å²) < 4.78 is 65.9. The number of hydrogen-bond acceptors (Lipinski definition) is 6. The number of carbonyl (C=O) groups excluding carboxylic acids is 1. The third kappa shape index (κ3) is 3.78. The molecule has 1 aliphatic rings. The van der Waals surface area contributed by atoms with Crippen LogP contribution in [0.3, 0.4) is 0 Å². The zero-order valence-corrected chi connectivity index (χ0v) is 15.2. The molecule has 2 aromatic rings. The number of nitrogens with two attached hydrogens (primary N) is 1. The topological polar surface area (TPSA) is 109 Å². The summed E-state index contributed by atoms with van der Waals surface area (Å²) in [5.74, 6) is -0.569. The molecular weight excluding hydrogens is 399 g/mol. The summed E-state index contributed by atoms with van der Waals surface area (Å²) >= 11 is 0. The van der Waals surface area contributed by atoms with E-state index in [4.69, 9.17) is 5.73 Å². The normalized spacial score (nSPS) is 16.2. The molecule has 1 amide bonds. The minimum absolute atomic E-state index is 0.0116. The molecule has 0 radical (unpaired) electrons. The molecule has 0 bridgehead atoms. The molecule has 3 rings (SSSR count). The number of amides is 1. The van der Waals surface area contributed by atoms with Crippen LogP contribution in [0.15, 0.2) is 41.6 Å². The van der Waals surface area contributed by atoms with E-state index in [0.717, 1.165) is 22.5 Å². The monoisotopic (exact) mass is 415 g/mol. The summed E-state index contributed by atoms with van der Waals surface area (Å²) in [6.07, 6.45) is -2.17. The Morgan fingerprint density at radius 2 is 1.64 bits per heavy atom. The SMILES string of the molecule is Nc1nccnc1C(=O)N1CCN(S(=O)(=O)c2ccccc2C(F)(F)F)CC1. The van der Waals surface area contributed by atoms with Crippen molar-refractivity contribution < 1.29 is 26.4 Å². The van der Waals surface area contributed by atoms with Crippen LogP contribution in [0.1, 0.15) is 16.1 Å². The van der Waals surface area contributed by atoms with Crippen LogP contribution in [0.2, 0.25) is 0 Å². The van der Waals surface area contributed by atoms with Gasteiger partial charge in [-0.2, -0.15) is 17.5 Å². The van der Waals surface area contributed by atoms with E-state index < -0.39 is 32.6 Å². The Balaban J connectivity index is 1.78. The number of sulfonamides is 1. The zero-order chi connectivity index (χ0) is 20.5. The number of aromatic nitrogens is 2. The van der Waals surface area contributed by atoms with Gasteiger partial charge in [0.1, 0.15) is 0 Å². The minimum Gasteiger partial charge on any atom is -0.382 e. The molecule has 0 saturated carbocycles. The number of piperazine rings is 1. The van der Waals surface area contributed by atoms with Gasteiger partial charge in [0.05, 0.1) is 10.5 Å². The Morgan fingerprint density at radius 1 is 1.04 bits per heavy atom. The van der Waals surface area contributed by atoms with Gasteiger partial charge in [0.2, 0.25) is 10.0 Å². The summed E-state index contributed by atoms with van der Waals surface area (Å²) in [7, 11) is -4.38. The Morgan fingerprint density at radius 3 is 2.25 bits per heavy atom. The highest BCUT2D eigenvalue weighted by Crippen LogP contribution is 2.35. The Hall–Kier alpha value is -2.73. The molecule has 1 aromatic heterocycles. The maximum absolute atomic E-state index is 13.2. The molecule has 1 aliphatic heterocycles. The molecule has 0 atom stereocenters. The van der Waals surface area contributed by atoms with Gasteiger partial charge in [-0.3, -0.25) is 4.79 Å². The Bertz CT molecular complexity index is 989. The molecule has 8 nitrogen and oxygen atoms in total. The number of anilines is 1. The van der Waals surface area contributed by atoms with Gasteiger partial charge in [0.15, 0.2) is 11.5 Å². The van der Waals surface area contributed by atoms with E-state index in [-0.39, 0.29) is 37.7 Å². The van der Waals surface area contributed by atoms with Gasteiger partial charge >= 0.3 is 6.18 Å². The molecule has 2 heterocycles. The Kier molecular flexibility index (Phi) is 5.26. The first kappa shape index (κ1) is 20.0. The van der Waals surface area contributed by atoms with Crippen LogP contribution in [0.4, 0.5) is 19.0 Å². The van der Waals surface area contributed by atoms with Crippen molar-refractivity contribution in [3.8, 4) is 0 Å². The molecule has 150 valence electrons. The molecule has 1 fully saturated rings. The number of benzene rings is 1. The van der Waals surface area contributed by atoms with Gasteiger partial charge in [0, 0.05) is 38.6 Å². The van der Waals surface area contributed by atoms with E-state index in [0.29, 0.717) is 0 Å². The van der Waals surface area contributed by atoms with Crippen molar-refractivity contribution in [3.63, 3.8) is 0 Å². The maximum Gasteiger partial charge on any atom is 0.417 e. The number of nitrogen functional groups attached to an aromatic ring is 1. The Labute approximate surface area is 158 Å². The quantitative estimate of drug-likeness (QED) is 0.808. The van der Waals surface area contributed by atoms with E-state index in [1.165, 1.54) is 23.4 Å². The number of alkyl halides is 3. The lowest BCUT2D eigenvalue weighted by molar-refractivity contribution is -0.139. The molecule has 28 heavy (non-hydrogen) atoms. The van der Waals surface area contributed by atoms with Crippen molar-refractivity contribution in [1.82, 2.24) is 19.2 Å². The van der Waals surface area contributed by atoms with E-state index in [2.05, 4.69) is 9.97 Å². The summed E-state index contributed by atoms with van der Waals surface area (Å²) in [5, 5.41) is 0. The largest absolute Gasteiger partial charge is 0.417 e. The predicted molar refractivity (Wildman–Crippen MR) is 92.6 cm³/mol. The first-order valence-corrected chi connectivity index (χ1v) is 9.58. The molecule has 12 heteroatoms. The smallest absolute Gasteiger partial charge is 0.382 e. The summed E-state index contributed by atoms with van der Waals surface area (Å²) in [5.41, 5.74) is 4.35. The summed E-state index contributed by atoms with van der Waals surface area (Å²) in [4.78, 5) is 20.6. The average Bonchev–Trinajstić information content (AvgIpc) is 2.67. The lowest BCUT2D eigenvalue weighted by Gasteiger charge is -2.34. The van der Waals surface area contributed by atoms with Gasteiger partial charge in [-0.25, -0.2) is 18.4 Å². The van der Waals surface area contributed by atoms with Crippen LogP contribution in [0, 0.1) is 0 Å². The van der Waals surface area contributed by atoms with Crippen molar-refractivity contribution >= 4 is 21.7 Å². The van der Waals surface area contributed by atoms with Crippen LogP contribution in [0.25, 0.3) is 0 Å². The summed E-state index contributed by atoms with van der Waals surface area (Å²) in [6, 6.07) is 4.02. The van der Waals surface area contributed by atoms with Crippen molar-refractivity contribution in [3.05, 3.63) is 47.9 Å². The molecule has 0 unspecified atom stereocenters. The zero-order valence-electron chi connectivity index (χ0n) is 14.4. The predicted octanol–water partition coefficient (Wildman–Crippen LogP) is 1.22. The third-order valence-corrected chi connectivity index (χ3v) is 6.22. The van der Waals surface area contributed by atoms with Gasteiger partial charge in [-0.05, 0) is 12.1 Å². The average molecular weight is 415 g/mol. The number of nitrogens with zero attached hydrogens (tertiary/aromatic N) is 4. The first-order chi connectivity index (χ1) is 13.1. The lowest BCUT2D eigenvalue weighted by Crippen LogP contribution is -2.51. The number of hydrogen-bond donors (Lipinski definition) is 1. The minimum atomic E-state index is -4.80. The van der Waals surface area contributed by atoms with Crippen molar-refractivity contribution in [1.29, 1.82) is 0 Å². The highest BCUT2D eigenvalue weighted by Gasteiger charge is 2.40. The maximum atomic E-state index is 13.2. The molecule has 1 saturated heterocycles. The fourth-order valence-electron chi connectivity index (χ4n) is 2.86. The van der Waals surface area contributed by atoms with Crippen LogP contribution < -0.4 is 5.73 Å². The van der Waals surface area contributed by atoms with E-state index in [1.807, 2.05) is 0 Å². The number of halogens is 3. The van der Waals surface area contributed by atoms with E-state index in [9.17, 15) is 26.4 Å². The van der Waals surface area contributed by atoms with Crippen molar-refractivity contribution in [2.24, 2.45) is 0 Å². The standard InChI is InChI=1S/C16H16F3N5O3S/c17-16(18,19)11-3-1-2-4-12(11)28(26,27)24-9-7-23(8-10-24)15(25)13-14(20)22-6-5-21-13/h1-6H,7-10H2,(H2,20,22). The number of carbonyl (C=O) groups is 1. The van der Waals surface area contributed by atoms with Gasteiger partial charge in [-0.1, -0.05) is 12.1 Å². The first-order valence-electron chi connectivity index (χ1n) is 8.14. The fourth-order valence-corrected chi connectivity index (χ4v) is 4.49. The second kappa shape index (κ2) is 7.36. The summed E-state index contributed by atoms with van der Waals surface area (Å²) in [6.45, 7) is -0.328. The second-order valence-electron chi connectivity index (χ2n) is 5.98.